The second-order valence-electron chi connectivity index (χ2n) is 6.64. The van der Waals surface area contributed by atoms with Crippen LogP contribution in [0.2, 0.25) is 0 Å². The van der Waals surface area contributed by atoms with E-state index in [0.717, 1.165) is 17.9 Å². The van der Waals surface area contributed by atoms with Gasteiger partial charge in [0.25, 0.3) is 5.91 Å². The minimum Gasteiger partial charge on any atom is -0.322 e. The van der Waals surface area contributed by atoms with Crippen LogP contribution in [-0.2, 0) is 16.0 Å². The number of hydrogen-bond acceptors (Lipinski definition) is 3. The SMILES string of the molecule is CC1CCC2(CC1)NC(=O)N(NC(=O)Cc1ccccc1F)C2=O. The first-order chi connectivity index (χ1) is 11.4. The third-order valence-corrected chi connectivity index (χ3v) is 4.83. The number of benzene rings is 1. The molecule has 0 atom stereocenters. The van der Waals surface area contributed by atoms with Crippen molar-refractivity contribution in [3.05, 3.63) is 35.6 Å². The monoisotopic (exact) mass is 333 g/mol. The molecule has 0 bridgehead atoms. The van der Waals surface area contributed by atoms with Gasteiger partial charge in [0, 0.05) is 0 Å². The minimum atomic E-state index is -0.908. The van der Waals surface area contributed by atoms with Crippen LogP contribution >= 0.6 is 0 Å². The summed E-state index contributed by atoms with van der Waals surface area (Å²) in [6, 6.07) is 5.27. The number of nitrogens with one attached hydrogen (secondary N) is 2. The van der Waals surface area contributed by atoms with Gasteiger partial charge < -0.3 is 5.32 Å². The predicted octanol–water partition coefficient (Wildman–Crippen LogP) is 1.90. The van der Waals surface area contributed by atoms with Crippen molar-refractivity contribution in [2.24, 2.45) is 5.92 Å². The number of carbonyl (C=O) groups is 3. The van der Waals surface area contributed by atoms with Crippen LogP contribution in [0.15, 0.2) is 24.3 Å². The number of rotatable bonds is 3. The summed E-state index contributed by atoms with van der Waals surface area (Å²) in [5.74, 6) is -1.02. The van der Waals surface area contributed by atoms with E-state index in [1.54, 1.807) is 6.07 Å². The summed E-state index contributed by atoms with van der Waals surface area (Å²) in [6.45, 7) is 2.11. The van der Waals surface area contributed by atoms with Crippen molar-refractivity contribution < 1.29 is 18.8 Å². The summed E-state index contributed by atoms with van der Waals surface area (Å²) in [5, 5.41) is 3.45. The number of urea groups is 1. The molecule has 2 fully saturated rings. The maximum atomic E-state index is 13.6. The van der Waals surface area contributed by atoms with E-state index in [9.17, 15) is 18.8 Å². The third kappa shape index (κ3) is 2.98. The van der Waals surface area contributed by atoms with Crippen molar-refractivity contribution in [2.45, 2.75) is 44.6 Å². The maximum absolute atomic E-state index is 13.6. The second-order valence-corrected chi connectivity index (χ2v) is 6.64. The van der Waals surface area contributed by atoms with E-state index in [1.165, 1.54) is 18.2 Å². The Morgan fingerprint density at radius 1 is 1.33 bits per heavy atom. The molecule has 1 aliphatic heterocycles. The number of carbonyl (C=O) groups excluding carboxylic acids is 3. The van der Waals surface area contributed by atoms with Crippen LogP contribution in [0.1, 0.15) is 38.2 Å². The highest BCUT2D eigenvalue weighted by Gasteiger charge is 2.52. The van der Waals surface area contributed by atoms with E-state index in [2.05, 4.69) is 17.7 Å². The largest absolute Gasteiger partial charge is 0.344 e. The summed E-state index contributed by atoms with van der Waals surface area (Å²) in [7, 11) is 0. The van der Waals surface area contributed by atoms with Gasteiger partial charge in [-0.05, 0) is 43.2 Å². The van der Waals surface area contributed by atoms with E-state index in [0.29, 0.717) is 18.8 Å². The Morgan fingerprint density at radius 2 is 2.00 bits per heavy atom. The molecule has 24 heavy (non-hydrogen) atoms. The Hall–Kier alpha value is -2.44. The quantitative estimate of drug-likeness (QED) is 0.829. The lowest BCUT2D eigenvalue weighted by atomic mass is 9.77. The zero-order valence-corrected chi connectivity index (χ0v) is 13.5. The molecule has 1 heterocycles. The van der Waals surface area contributed by atoms with Gasteiger partial charge >= 0.3 is 6.03 Å². The fourth-order valence-electron chi connectivity index (χ4n) is 3.29. The molecule has 0 radical (unpaired) electrons. The average molecular weight is 333 g/mol. The summed E-state index contributed by atoms with van der Waals surface area (Å²) >= 11 is 0. The second kappa shape index (κ2) is 6.22. The number of hydrazine groups is 1. The molecule has 0 aromatic heterocycles. The van der Waals surface area contributed by atoms with E-state index in [1.807, 2.05) is 0 Å². The van der Waals surface area contributed by atoms with Gasteiger partial charge in [-0.2, -0.15) is 5.01 Å². The lowest BCUT2D eigenvalue weighted by molar-refractivity contribution is -0.139. The first-order valence-electron chi connectivity index (χ1n) is 8.11. The summed E-state index contributed by atoms with van der Waals surface area (Å²) in [5.41, 5.74) is 1.61. The fraction of sp³-hybridized carbons (Fsp3) is 0.471. The lowest BCUT2D eigenvalue weighted by Crippen LogP contribution is -2.51. The van der Waals surface area contributed by atoms with Gasteiger partial charge in [-0.1, -0.05) is 25.1 Å². The highest BCUT2D eigenvalue weighted by atomic mass is 19.1. The molecule has 128 valence electrons. The summed E-state index contributed by atoms with van der Waals surface area (Å²) < 4.78 is 13.6. The van der Waals surface area contributed by atoms with Crippen LogP contribution in [0, 0.1) is 11.7 Å². The Bertz CT molecular complexity index is 683. The number of hydrogen-bond donors (Lipinski definition) is 2. The van der Waals surface area contributed by atoms with Crippen LogP contribution in [0.3, 0.4) is 0 Å². The molecule has 0 unspecified atom stereocenters. The molecule has 1 spiro atoms. The summed E-state index contributed by atoms with van der Waals surface area (Å²) in [6.07, 6.45) is 2.59. The van der Waals surface area contributed by atoms with Crippen LogP contribution in [0.4, 0.5) is 9.18 Å². The molecule has 3 rings (SSSR count). The topological polar surface area (TPSA) is 78.5 Å². The van der Waals surface area contributed by atoms with Crippen molar-refractivity contribution in [1.29, 1.82) is 0 Å². The van der Waals surface area contributed by atoms with Gasteiger partial charge in [0.15, 0.2) is 0 Å². The molecule has 2 N–H and O–H groups in total. The molecule has 1 saturated carbocycles. The van der Waals surface area contributed by atoms with Crippen molar-refractivity contribution in [3.63, 3.8) is 0 Å². The highest BCUT2D eigenvalue weighted by molar-refractivity contribution is 6.08. The third-order valence-electron chi connectivity index (χ3n) is 4.83. The van der Waals surface area contributed by atoms with Crippen molar-refractivity contribution >= 4 is 17.8 Å². The molecule has 6 nitrogen and oxygen atoms in total. The number of halogens is 1. The van der Waals surface area contributed by atoms with Gasteiger partial charge in [0.2, 0.25) is 5.91 Å². The Balaban J connectivity index is 1.67. The molecule has 1 saturated heterocycles. The fourth-order valence-corrected chi connectivity index (χ4v) is 3.29. The highest BCUT2D eigenvalue weighted by Crippen LogP contribution is 2.35. The number of imide groups is 1. The zero-order chi connectivity index (χ0) is 17.3. The summed E-state index contributed by atoms with van der Waals surface area (Å²) in [4.78, 5) is 36.8. The maximum Gasteiger partial charge on any atom is 0.344 e. The van der Waals surface area contributed by atoms with Crippen LogP contribution in [0.5, 0.6) is 0 Å². The molecule has 7 heteroatoms. The van der Waals surface area contributed by atoms with Crippen molar-refractivity contribution in [3.8, 4) is 0 Å². The van der Waals surface area contributed by atoms with Crippen LogP contribution in [0.25, 0.3) is 0 Å². The minimum absolute atomic E-state index is 0.211. The first-order valence-corrected chi connectivity index (χ1v) is 8.11. The van der Waals surface area contributed by atoms with Gasteiger partial charge in [0.1, 0.15) is 11.4 Å². The van der Waals surface area contributed by atoms with Gasteiger partial charge in [-0.15, -0.1) is 0 Å². The molecular formula is C17H20FN3O3. The van der Waals surface area contributed by atoms with Gasteiger partial charge in [0.05, 0.1) is 6.42 Å². The van der Waals surface area contributed by atoms with E-state index < -0.39 is 29.2 Å². The normalized spacial score (nSPS) is 26.6. The Morgan fingerprint density at radius 3 is 2.67 bits per heavy atom. The first kappa shape index (κ1) is 16.4. The standard InChI is InChI=1S/C17H20FN3O3/c1-11-6-8-17(9-7-11)15(23)21(16(24)19-17)20-14(22)10-12-4-2-3-5-13(12)18/h2-5,11H,6-10H2,1H3,(H,19,24)(H,20,22). The Kier molecular flexibility index (Phi) is 4.26. The molecular weight excluding hydrogens is 313 g/mol. The van der Waals surface area contributed by atoms with Crippen LogP contribution < -0.4 is 10.7 Å². The van der Waals surface area contributed by atoms with Gasteiger partial charge in [-0.3, -0.25) is 15.0 Å². The zero-order valence-electron chi connectivity index (χ0n) is 13.5. The van der Waals surface area contributed by atoms with Gasteiger partial charge in [-0.25, -0.2) is 9.18 Å². The molecule has 1 aromatic rings. The number of nitrogens with zero attached hydrogens (tertiary/aromatic N) is 1. The Labute approximate surface area is 139 Å². The molecule has 1 aromatic carbocycles. The predicted molar refractivity (Wildman–Crippen MR) is 84.0 cm³/mol. The molecule has 2 aliphatic rings. The average Bonchev–Trinajstić information content (AvgIpc) is 2.77. The number of amides is 4. The molecule has 4 amide bonds. The smallest absolute Gasteiger partial charge is 0.322 e. The van der Waals surface area contributed by atoms with Crippen LogP contribution in [-0.4, -0.2) is 28.4 Å². The van der Waals surface area contributed by atoms with E-state index in [4.69, 9.17) is 0 Å². The van der Waals surface area contributed by atoms with E-state index >= 15 is 0 Å². The lowest BCUT2D eigenvalue weighted by Gasteiger charge is -2.33. The molecule has 1 aliphatic carbocycles. The van der Waals surface area contributed by atoms with Crippen molar-refractivity contribution in [2.75, 3.05) is 0 Å². The van der Waals surface area contributed by atoms with E-state index in [-0.39, 0.29) is 12.0 Å². The van der Waals surface area contributed by atoms with Crippen molar-refractivity contribution in [1.82, 2.24) is 15.8 Å².